The number of benzene rings is 2. The number of H-pyrrole nitrogens is 1. The normalized spacial score (nSPS) is 16.6. The number of nitrogens with one attached hydrogen (secondary N) is 1. The number of carbonyl (C=O) groups excluding carboxylic acids is 1. The van der Waals surface area contributed by atoms with Gasteiger partial charge >= 0.3 is 5.97 Å². The number of rotatable bonds is 5. The van der Waals surface area contributed by atoms with Crippen LogP contribution in [0.1, 0.15) is 18.4 Å². The molecule has 0 saturated carbocycles. The highest BCUT2D eigenvalue weighted by molar-refractivity contribution is 5.91. The predicted molar refractivity (Wildman–Crippen MR) is 104 cm³/mol. The van der Waals surface area contributed by atoms with Crippen LogP contribution in [0.4, 0.5) is 4.39 Å². The Labute approximate surface area is 161 Å². The Morgan fingerprint density at radius 2 is 1.89 bits per heavy atom. The van der Waals surface area contributed by atoms with E-state index in [0.29, 0.717) is 25.8 Å². The molecule has 0 bridgehead atoms. The Balaban J connectivity index is 1.58. The van der Waals surface area contributed by atoms with Gasteiger partial charge < -0.3 is 15.0 Å². The first-order chi connectivity index (χ1) is 13.5. The van der Waals surface area contributed by atoms with E-state index in [1.54, 1.807) is 17.0 Å². The van der Waals surface area contributed by atoms with Gasteiger partial charge in [0.05, 0.1) is 5.92 Å². The summed E-state index contributed by atoms with van der Waals surface area (Å²) in [5, 5.41) is 10.2. The molecule has 0 aliphatic carbocycles. The third-order valence-corrected chi connectivity index (χ3v) is 5.43. The van der Waals surface area contributed by atoms with Crippen LogP contribution < -0.4 is 0 Å². The van der Waals surface area contributed by atoms with Crippen LogP contribution in [0.5, 0.6) is 0 Å². The zero-order valence-electron chi connectivity index (χ0n) is 15.3. The summed E-state index contributed by atoms with van der Waals surface area (Å²) in [4.78, 5) is 28.8. The van der Waals surface area contributed by atoms with Crippen molar-refractivity contribution in [3.05, 3.63) is 59.9 Å². The second-order valence-electron chi connectivity index (χ2n) is 7.19. The number of fused-ring (bicyclic) bond motifs is 1. The molecule has 2 aromatic carbocycles. The van der Waals surface area contributed by atoms with Crippen molar-refractivity contribution in [2.45, 2.75) is 19.3 Å². The molecule has 6 heteroatoms. The summed E-state index contributed by atoms with van der Waals surface area (Å²) >= 11 is 0. The lowest BCUT2D eigenvalue weighted by atomic mass is 10.0. The Morgan fingerprint density at radius 1 is 1.14 bits per heavy atom. The molecule has 0 spiro atoms. The van der Waals surface area contributed by atoms with Gasteiger partial charge in [-0.05, 0) is 54.3 Å². The average molecular weight is 380 g/mol. The summed E-state index contributed by atoms with van der Waals surface area (Å²) in [6.07, 6.45) is 1.35. The summed E-state index contributed by atoms with van der Waals surface area (Å²) < 4.78 is 13.3. The van der Waals surface area contributed by atoms with E-state index < -0.39 is 11.9 Å². The standard InChI is InChI=1S/C22H21FN2O3/c23-16-7-5-14(6-8-16)21-18(17-3-1-2-4-19(17)24-21)9-10-20(26)25-12-11-15(13-25)22(27)28/h1-8,15,24H,9-13H2,(H,27,28). The summed E-state index contributed by atoms with van der Waals surface area (Å²) in [5.74, 6) is -1.63. The number of halogens is 1. The molecule has 0 radical (unpaired) electrons. The minimum Gasteiger partial charge on any atom is -0.481 e. The highest BCUT2D eigenvalue weighted by atomic mass is 19.1. The predicted octanol–water partition coefficient (Wildman–Crippen LogP) is 3.84. The lowest BCUT2D eigenvalue weighted by molar-refractivity contribution is -0.141. The number of carboxylic acids is 1. The number of likely N-dealkylation sites (tertiary alicyclic amines) is 1. The van der Waals surface area contributed by atoms with Crippen molar-refractivity contribution in [1.29, 1.82) is 0 Å². The van der Waals surface area contributed by atoms with E-state index in [1.807, 2.05) is 24.3 Å². The number of nitrogens with zero attached hydrogens (tertiary/aromatic N) is 1. The maximum atomic E-state index is 13.3. The first-order valence-electron chi connectivity index (χ1n) is 9.39. The molecule has 1 amide bonds. The fourth-order valence-corrected chi connectivity index (χ4v) is 3.90. The second kappa shape index (κ2) is 7.46. The third-order valence-electron chi connectivity index (χ3n) is 5.43. The van der Waals surface area contributed by atoms with Crippen molar-refractivity contribution < 1.29 is 19.1 Å². The van der Waals surface area contributed by atoms with Gasteiger partial charge in [0, 0.05) is 36.1 Å². The lowest BCUT2D eigenvalue weighted by Crippen LogP contribution is -2.30. The van der Waals surface area contributed by atoms with Crippen molar-refractivity contribution in [3.8, 4) is 11.3 Å². The number of para-hydroxylation sites is 1. The number of carbonyl (C=O) groups is 2. The molecule has 4 rings (SSSR count). The minimum atomic E-state index is -0.842. The zero-order chi connectivity index (χ0) is 19.7. The maximum absolute atomic E-state index is 13.3. The van der Waals surface area contributed by atoms with Crippen LogP contribution in [0.25, 0.3) is 22.2 Å². The molecule has 1 atom stereocenters. The quantitative estimate of drug-likeness (QED) is 0.706. The van der Waals surface area contributed by atoms with Crippen LogP contribution in [0, 0.1) is 11.7 Å². The van der Waals surface area contributed by atoms with Crippen LogP contribution >= 0.6 is 0 Å². The van der Waals surface area contributed by atoms with Crippen molar-refractivity contribution >= 4 is 22.8 Å². The molecule has 3 aromatic rings. The molecule has 1 fully saturated rings. The number of aliphatic carboxylic acids is 1. The van der Waals surface area contributed by atoms with Crippen molar-refractivity contribution in [2.75, 3.05) is 13.1 Å². The molecule has 1 saturated heterocycles. The monoisotopic (exact) mass is 380 g/mol. The van der Waals surface area contributed by atoms with Gasteiger partial charge in [-0.15, -0.1) is 0 Å². The minimum absolute atomic E-state index is 0.0286. The third kappa shape index (κ3) is 3.50. The van der Waals surface area contributed by atoms with Crippen LogP contribution in [0.3, 0.4) is 0 Å². The summed E-state index contributed by atoms with van der Waals surface area (Å²) in [6.45, 7) is 0.779. The van der Waals surface area contributed by atoms with Crippen molar-refractivity contribution in [2.24, 2.45) is 5.92 Å². The zero-order valence-corrected chi connectivity index (χ0v) is 15.3. The fraction of sp³-hybridized carbons (Fsp3) is 0.273. The van der Waals surface area contributed by atoms with E-state index >= 15 is 0 Å². The number of aromatic nitrogens is 1. The second-order valence-corrected chi connectivity index (χ2v) is 7.19. The number of hydrogen-bond donors (Lipinski definition) is 2. The number of aryl methyl sites for hydroxylation is 1. The number of carboxylic acid groups (broad SMARTS) is 1. The molecular weight excluding hydrogens is 359 g/mol. The van der Waals surface area contributed by atoms with Crippen LogP contribution in [-0.4, -0.2) is 40.0 Å². The van der Waals surface area contributed by atoms with E-state index in [0.717, 1.165) is 27.7 Å². The van der Waals surface area contributed by atoms with Crippen LogP contribution in [0.2, 0.25) is 0 Å². The van der Waals surface area contributed by atoms with Crippen LogP contribution in [-0.2, 0) is 16.0 Å². The molecular formula is C22H21FN2O3. The van der Waals surface area contributed by atoms with Gasteiger partial charge in [0.1, 0.15) is 5.82 Å². The highest BCUT2D eigenvalue weighted by Gasteiger charge is 2.30. The Morgan fingerprint density at radius 3 is 2.61 bits per heavy atom. The molecule has 1 aliphatic heterocycles. The van der Waals surface area contributed by atoms with E-state index in [2.05, 4.69) is 4.98 Å². The molecule has 5 nitrogen and oxygen atoms in total. The van der Waals surface area contributed by atoms with E-state index in [-0.39, 0.29) is 18.3 Å². The van der Waals surface area contributed by atoms with Gasteiger partial charge in [-0.2, -0.15) is 0 Å². The highest BCUT2D eigenvalue weighted by Crippen LogP contribution is 2.32. The molecule has 2 heterocycles. The summed E-state index contributed by atoms with van der Waals surface area (Å²) in [7, 11) is 0. The van der Waals surface area contributed by atoms with Crippen molar-refractivity contribution in [1.82, 2.24) is 9.88 Å². The Hall–Kier alpha value is -3.15. The molecule has 1 aromatic heterocycles. The van der Waals surface area contributed by atoms with E-state index in [4.69, 9.17) is 5.11 Å². The fourth-order valence-electron chi connectivity index (χ4n) is 3.90. The van der Waals surface area contributed by atoms with Crippen LogP contribution in [0.15, 0.2) is 48.5 Å². The molecule has 1 unspecified atom stereocenters. The number of aromatic amines is 1. The first kappa shape index (κ1) is 18.2. The maximum Gasteiger partial charge on any atom is 0.308 e. The van der Waals surface area contributed by atoms with Gasteiger partial charge in [0.2, 0.25) is 5.91 Å². The average Bonchev–Trinajstić information content (AvgIpc) is 3.32. The molecule has 2 N–H and O–H groups in total. The summed E-state index contributed by atoms with van der Waals surface area (Å²) in [6, 6.07) is 14.2. The van der Waals surface area contributed by atoms with Gasteiger partial charge in [-0.25, -0.2) is 4.39 Å². The topological polar surface area (TPSA) is 73.4 Å². The van der Waals surface area contributed by atoms with E-state index in [1.165, 1.54) is 12.1 Å². The largest absolute Gasteiger partial charge is 0.481 e. The van der Waals surface area contributed by atoms with Gasteiger partial charge in [0.25, 0.3) is 0 Å². The lowest BCUT2D eigenvalue weighted by Gasteiger charge is -2.16. The Bertz CT molecular complexity index is 1030. The Kier molecular flexibility index (Phi) is 4.86. The number of amides is 1. The van der Waals surface area contributed by atoms with Gasteiger partial charge in [0.15, 0.2) is 0 Å². The molecule has 144 valence electrons. The molecule has 28 heavy (non-hydrogen) atoms. The van der Waals surface area contributed by atoms with Gasteiger partial charge in [-0.3, -0.25) is 9.59 Å². The summed E-state index contributed by atoms with van der Waals surface area (Å²) in [5.41, 5.74) is 3.74. The van der Waals surface area contributed by atoms with E-state index in [9.17, 15) is 14.0 Å². The van der Waals surface area contributed by atoms with Crippen molar-refractivity contribution in [3.63, 3.8) is 0 Å². The SMILES string of the molecule is O=C(O)C1CCN(C(=O)CCc2c(-c3ccc(F)cc3)[nH]c3ccccc23)C1. The van der Waals surface area contributed by atoms with Gasteiger partial charge in [-0.1, -0.05) is 18.2 Å². The first-order valence-corrected chi connectivity index (χ1v) is 9.39. The number of hydrogen-bond acceptors (Lipinski definition) is 2. The molecule has 1 aliphatic rings. The smallest absolute Gasteiger partial charge is 0.308 e.